The van der Waals surface area contributed by atoms with E-state index in [2.05, 4.69) is 53.5 Å². The van der Waals surface area contributed by atoms with Crippen LogP contribution in [-0.2, 0) is 0 Å². The molecule has 0 aliphatic rings. The molecule has 0 saturated heterocycles. The molecule has 1 aromatic heterocycles. The van der Waals surface area contributed by atoms with Gasteiger partial charge in [0, 0.05) is 5.39 Å². The van der Waals surface area contributed by atoms with E-state index in [1.807, 2.05) is 54.6 Å². The molecule has 0 spiro atoms. The molecule has 0 aliphatic heterocycles. The number of hydrogen-bond acceptors (Lipinski definition) is 1. The van der Waals surface area contributed by atoms with Gasteiger partial charge < -0.3 is 0 Å². The van der Waals surface area contributed by atoms with Gasteiger partial charge in [0.05, 0.1) is 16.6 Å². The van der Waals surface area contributed by atoms with E-state index < -0.39 is 0 Å². The van der Waals surface area contributed by atoms with E-state index in [4.69, 9.17) is 11.6 Å². The zero-order valence-corrected chi connectivity index (χ0v) is 15.0. The zero-order chi connectivity index (χ0) is 17.8. The summed E-state index contributed by atoms with van der Waals surface area (Å²) in [5, 5.41) is 1.00. The third-order valence-corrected chi connectivity index (χ3v) is 4.87. The minimum atomic E-state index is -0.150. The molecule has 1 unspecified atom stereocenters. The lowest BCUT2D eigenvalue weighted by Gasteiger charge is -2.10. The lowest BCUT2D eigenvalue weighted by Crippen LogP contribution is -1.93. The van der Waals surface area contributed by atoms with Gasteiger partial charge in [0.1, 0.15) is 0 Å². The minimum Gasteiger partial charge on any atom is -0.248 e. The number of para-hydroxylation sites is 1. The molecule has 3 aromatic carbocycles. The van der Waals surface area contributed by atoms with Crippen LogP contribution in [0.15, 0.2) is 91.0 Å². The smallest absolute Gasteiger partial charge is 0.0835 e. The highest BCUT2D eigenvalue weighted by atomic mass is 35.5. The second-order valence-corrected chi connectivity index (χ2v) is 6.64. The van der Waals surface area contributed by atoms with Crippen molar-refractivity contribution in [3.63, 3.8) is 0 Å². The number of pyridine rings is 1. The van der Waals surface area contributed by atoms with E-state index in [-0.39, 0.29) is 5.38 Å². The summed E-state index contributed by atoms with van der Waals surface area (Å²) in [6, 6.07) is 30.7. The van der Waals surface area contributed by atoms with Gasteiger partial charge in [-0.25, -0.2) is 4.98 Å². The van der Waals surface area contributed by atoms with Crippen molar-refractivity contribution >= 4 is 34.7 Å². The molecule has 0 fully saturated rings. The molecule has 1 heterocycles. The maximum absolute atomic E-state index is 6.65. The van der Waals surface area contributed by atoms with Gasteiger partial charge in [-0.2, -0.15) is 0 Å². The maximum atomic E-state index is 6.65. The molecule has 4 aromatic rings. The lowest BCUT2D eigenvalue weighted by atomic mass is 10.0. The molecule has 1 atom stereocenters. The maximum Gasteiger partial charge on any atom is 0.0835 e. The summed E-state index contributed by atoms with van der Waals surface area (Å²) in [6.07, 6.45) is 4.12. The van der Waals surface area contributed by atoms with Gasteiger partial charge in [-0.15, -0.1) is 11.6 Å². The summed E-state index contributed by atoms with van der Waals surface area (Å²) in [4.78, 5) is 4.68. The highest BCUT2D eigenvalue weighted by Crippen LogP contribution is 2.29. The Kier molecular flexibility index (Phi) is 4.81. The van der Waals surface area contributed by atoms with Crippen LogP contribution >= 0.6 is 11.6 Å². The van der Waals surface area contributed by atoms with Crippen molar-refractivity contribution in [2.45, 2.75) is 5.38 Å². The Bertz CT molecular complexity index is 1050. The molecular weight excluding hydrogens is 338 g/mol. The van der Waals surface area contributed by atoms with E-state index in [0.29, 0.717) is 0 Å². The number of rotatable bonds is 4. The van der Waals surface area contributed by atoms with Crippen LogP contribution in [0.1, 0.15) is 27.8 Å². The number of aromatic nitrogens is 1. The molecule has 1 nitrogen and oxygen atoms in total. The third-order valence-electron chi connectivity index (χ3n) is 4.36. The van der Waals surface area contributed by atoms with Crippen molar-refractivity contribution in [3.05, 3.63) is 113 Å². The number of benzene rings is 3. The fourth-order valence-electron chi connectivity index (χ4n) is 2.99. The standard InChI is InChI=1S/C24H18ClN/c25-24(20-9-2-1-3-10-20)21-11-6-7-18(17-21)13-15-22-16-14-19-8-4-5-12-23(19)26-22/h1-17,24H. The second-order valence-electron chi connectivity index (χ2n) is 6.21. The topological polar surface area (TPSA) is 12.9 Å². The van der Waals surface area contributed by atoms with Gasteiger partial charge in [-0.05, 0) is 41.0 Å². The number of halogens is 1. The SMILES string of the molecule is ClC(c1ccccc1)c1cccc(C=Cc2ccc3ccccc3n2)c1. The Hall–Kier alpha value is -2.90. The van der Waals surface area contributed by atoms with Crippen molar-refractivity contribution in [2.75, 3.05) is 0 Å². The van der Waals surface area contributed by atoms with Crippen molar-refractivity contribution < 1.29 is 0 Å². The van der Waals surface area contributed by atoms with Crippen LogP contribution in [-0.4, -0.2) is 4.98 Å². The van der Waals surface area contributed by atoms with E-state index in [1.165, 1.54) is 0 Å². The van der Waals surface area contributed by atoms with Crippen LogP contribution in [0.3, 0.4) is 0 Å². The van der Waals surface area contributed by atoms with E-state index >= 15 is 0 Å². The quantitative estimate of drug-likeness (QED) is 0.370. The first-order chi connectivity index (χ1) is 12.8. The highest BCUT2D eigenvalue weighted by Gasteiger charge is 2.10. The number of nitrogens with zero attached hydrogens (tertiary/aromatic N) is 1. The first-order valence-corrected chi connectivity index (χ1v) is 9.06. The minimum absolute atomic E-state index is 0.150. The summed E-state index contributed by atoms with van der Waals surface area (Å²) in [5.41, 5.74) is 5.25. The number of fused-ring (bicyclic) bond motifs is 1. The zero-order valence-electron chi connectivity index (χ0n) is 14.2. The van der Waals surface area contributed by atoms with Gasteiger partial charge in [-0.1, -0.05) is 78.9 Å². The van der Waals surface area contributed by atoms with Crippen LogP contribution in [0, 0.1) is 0 Å². The van der Waals surface area contributed by atoms with E-state index in [9.17, 15) is 0 Å². The fourth-order valence-corrected chi connectivity index (χ4v) is 3.27. The van der Waals surface area contributed by atoms with Gasteiger partial charge in [0.15, 0.2) is 0 Å². The third kappa shape index (κ3) is 3.68. The lowest BCUT2D eigenvalue weighted by molar-refractivity contribution is 1.14. The van der Waals surface area contributed by atoms with Crippen molar-refractivity contribution in [3.8, 4) is 0 Å². The molecule has 0 N–H and O–H groups in total. The van der Waals surface area contributed by atoms with Crippen LogP contribution in [0.5, 0.6) is 0 Å². The van der Waals surface area contributed by atoms with Crippen LogP contribution in [0.4, 0.5) is 0 Å². The Morgan fingerprint density at radius 3 is 2.35 bits per heavy atom. The van der Waals surface area contributed by atoms with Crippen molar-refractivity contribution in [1.82, 2.24) is 4.98 Å². The molecule has 0 aliphatic carbocycles. The number of alkyl halides is 1. The average Bonchev–Trinajstić information content (AvgIpc) is 2.72. The summed E-state index contributed by atoms with van der Waals surface area (Å²) >= 11 is 6.65. The first kappa shape index (κ1) is 16.6. The summed E-state index contributed by atoms with van der Waals surface area (Å²) in [7, 11) is 0. The van der Waals surface area contributed by atoms with Crippen LogP contribution in [0.25, 0.3) is 23.1 Å². The predicted octanol–water partition coefficient (Wildman–Crippen LogP) is 6.73. The Balaban J connectivity index is 1.59. The largest absolute Gasteiger partial charge is 0.248 e. The highest BCUT2D eigenvalue weighted by molar-refractivity contribution is 6.22. The Morgan fingerprint density at radius 1 is 0.692 bits per heavy atom. The van der Waals surface area contributed by atoms with Crippen LogP contribution < -0.4 is 0 Å². The Labute approximate surface area is 158 Å². The molecule has 0 saturated carbocycles. The molecule has 0 radical (unpaired) electrons. The van der Waals surface area contributed by atoms with Crippen molar-refractivity contribution in [1.29, 1.82) is 0 Å². The molecule has 2 heteroatoms. The molecule has 126 valence electrons. The van der Waals surface area contributed by atoms with E-state index in [1.54, 1.807) is 0 Å². The van der Waals surface area contributed by atoms with Gasteiger partial charge in [0.25, 0.3) is 0 Å². The first-order valence-electron chi connectivity index (χ1n) is 8.62. The van der Waals surface area contributed by atoms with Gasteiger partial charge in [-0.3, -0.25) is 0 Å². The van der Waals surface area contributed by atoms with Gasteiger partial charge >= 0.3 is 0 Å². The summed E-state index contributed by atoms with van der Waals surface area (Å²) in [5.74, 6) is 0. The predicted molar refractivity (Wildman–Crippen MR) is 111 cm³/mol. The van der Waals surface area contributed by atoms with Crippen LogP contribution in [0.2, 0.25) is 0 Å². The fraction of sp³-hybridized carbons (Fsp3) is 0.0417. The molecular formula is C24H18ClN. The normalized spacial score (nSPS) is 12.5. The van der Waals surface area contributed by atoms with E-state index in [0.717, 1.165) is 33.3 Å². The summed E-state index contributed by atoms with van der Waals surface area (Å²) < 4.78 is 0. The molecule has 26 heavy (non-hydrogen) atoms. The molecule has 0 amide bonds. The second kappa shape index (κ2) is 7.55. The molecule has 0 bridgehead atoms. The number of hydrogen-bond donors (Lipinski definition) is 0. The average molecular weight is 356 g/mol. The Morgan fingerprint density at radius 2 is 1.46 bits per heavy atom. The monoisotopic (exact) mass is 355 g/mol. The molecule has 4 rings (SSSR count). The summed E-state index contributed by atoms with van der Waals surface area (Å²) in [6.45, 7) is 0. The van der Waals surface area contributed by atoms with Gasteiger partial charge in [0.2, 0.25) is 0 Å². The van der Waals surface area contributed by atoms with Crippen molar-refractivity contribution in [2.24, 2.45) is 0 Å².